The molecular formula is C14H18F2Zr. The molecule has 3 heteroatoms. The van der Waals surface area contributed by atoms with Gasteiger partial charge in [-0.25, -0.2) is 12.1 Å². The molecule has 0 bridgehead atoms. The van der Waals surface area contributed by atoms with Crippen molar-refractivity contribution in [2.75, 3.05) is 0 Å². The average Bonchev–Trinajstić information content (AvgIpc) is 2.78. The summed E-state index contributed by atoms with van der Waals surface area (Å²) < 4.78 is 0. The van der Waals surface area contributed by atoms with Crippen LogP contribution < -0.4 is 9.41 Å². The smallest absolute Gasteiger partial charge is 1.00 e. The zero-order valence-corrected chi connectivity index (χ0v) is 13.2. The van der Waals surface area contributed by atoms with Crippen LogP contribution in [0.25, 0.3) is 0 Å². The summed E-state index contributed by atoms with van der Waals surface area (Å²) >= 11 is 0. The summed E-state index contributed by atoms with van der Waals surface area (Å²) in [5, 5.41) is 0. The van der Waals surface area contributed by atoms with Gasteiger partial charge >= 0.3 is 26.2 Å². The van der Waals surface area contributed by atoms with Crippen molar-refractivity contribution in [1.82, 2.24) is 0 Å². The Bertz CT molecular complexity index is 335. The van der Waals surface area contributed by atoms with Crippen LogP contribution in [0.15, 0.2) is 36.4 Å². The zero-order chi connectivity index (χ0) is 10.6. The van der Waals surface area contributed by atoms with Crippen molar-refractivity contribution in [2.24, 2.45) is 0 Å². The molecule has 0 fully saturated rings. The van der Waals surface area contributed by atoms with E-state index in [1.807, 2.05) is 30.3 Å². The minimum absolute atomic E-state index is 0. The van der Waals surface area contributed by atoms with Gasteiger partial charge in [0.15, 0.2) is 0 Å². The molecule has 0 aliphatic heterocycles. The molecule has 92 valence electrons. The van der Waals surface area contributed by atoms with Gasteiger partial charge in [0, 0.05) is 0 Å². The monoisotopic (exact) mass is 314 g/mol. The Hall–Kier alpha value is -0.557. The van der Waals surface area contributed by atoms with Crippen LogP contribution in [0, 0.1) is 27.7 Å². The molecule has 0 nitrogen and oxygen atoms in total. The summed E-state index contributed by atoms with van der Waals surface area (Å²) in [7, 11) is 0. The molecule has 0 N–H and O–H groups in total. The third kappa shape index (κ3) is 6.68. The zero-order valence-electron chi connectivity index (χ0n) is 10.7. The minimum Gasteiger partial charge on any atom is -1.00 e. The Morgan fingerprint density at radius 2 is 1.47 bits per heavy atom. The first-order valence-electron chi connectivity index (χ1n) is 4.99. The van der Waals surface area contributed by atoms with Crippen LogP contribution in [0.4, 0.5) is 0 Å². The minimum atomic E-state index is 0. The third-order valence-corrected chi connectivity index (χ3v) is 2.73. The van der Waals surface area contributed by atoms with Gasteiger partial charge in [-0.2, -0.15) is 46.5 Å². The largest absolute Gasteiger partial charge is 4.00 e. The van der Waals surface area contributed by atoms with E-state index in [9.17, 15) is 0 Å². The van der Waals surface area contributed by atoms with E-state index >= 15 is 0 Å². The average molecular weight is 316 g/mol. The number of hydrogen-bond donors (Lipinski definition) is 0. The van der Waals surface area contributed by atoms with Crippen molar-refractivity contribution in [3.05, 3.63) is 58.7 Å². The summed E-state index contributed by atoms with van der Waals surface area (Å²) in [6.45, 7) is 8.68. The van der Waals surface area contributed by atoms with Gasteiger partial charge < -0.3 is 9.41 Å². The van der Waals surface area contributed by atoms with Crippen molar-refractivity contribution < 1.29 is 35.6 Å². The van der Waals surface area contributed by atoms with Crippen molar-refractivity contribution in [3.8, 4) is 0 Å². The number of rotatable bonds is 0. The second-order valence-corrected chi connectivity index (χ2v) is 3.72. The molecule has 0 atom stereocenters. The Labute approximate surface area is 122 Å². The predicted molar refractivity (Wildman–Crippen MR) is 63.0 cm³/mol. The first-order valence-corrected chi connectivity index (χ1v) is 4.99. The topological polar surface area (TPSA) is 0 Å². The van der Waals surface area contributed by atoms with E-state index in [-0.39, 0.29) is 35.6 Å². The molecule has 0 spiro atoms. The Kier molecular flexibility index (Phi) is 13.5. The summed E-state index contributed by atoms with van der Waals surface area (Å²) in [6.07, 6.45) is 0. The van der Waals surface area contributed by atoms with Crippen LogP contribution in [0.3, 0.4) is 0 Å². The molecule has 0 aliphatic carbocycles. The quantitative estimate of drug-likeness (QED) is 0.496. The number of halogens is 2. The van der Waals surface area contributed by atoms with Crippen LogP contribution in [0.2, 0.25) is 0 Å². The van der Waals surface area contributed by atoms with Gasteiger partial charge in [-0.05, 0) is 0 Å². The van der Waals surface area contributed by atoms with Crippen molar-refractivity contribution in [2.45, 2.75) is 27.7 Å². The van der Waals surface area contributed by atoms with E-state index in [0.29, 0.717) is 0 Å². The fourth-order valence-electron chi connectivity index (χ4n) is 1.45. The van der Waals surface area contributed by atoms with Crippen LogP contribution >= 0.6 is 0 Å². The maximum Gasteiger partial charge on any atom is 4.00 e. The molecule has 0 radical (unpaired) electrons. The van der Waals surface area contributed by atoms with Crippen molar-refractivity contribution in [1.29, 1.82) is 0 Å². The van der Waals surface area contributed by atoms with Gasteiger partial charge in [0.2, 0.25) is 0 Å². The van der Waals surface area contributed by atoms with E-state index in [0.717, 1.165) is 0 Å². The van der Waals surface area contributed by atoms with E-state index in [2.05, 4.69) is 33.8 Å². The SMILES string of the molecule is Cc1c[c-](C)c(C)c1C.[F-].[F-].[Zr+4].c1cc[cH-]c1. The first kappa shape index (κ1) is 21.7. The number of aryl methyl sites for hydroxylation is 2. The molecule has 0 unspecified atom stereocenters. The van der Waals surface area contributed by atoms with Gasteiger partial charge in [-0.15, -0.1) is 0 Å². The van der Waals surface area contributed by atoms with Gasteiger partial charge in [0.1, 0.15) is 0 Å². The van der Waals surface area contributed by atoms with Crippen LogP contribution in [0.5, 0.6) is 0 Å². The van der Waals surface area contributed by atoms with E-state index in [1.165, 1.54) is 22.3 Å². The van der Waals surface area contributed by atoms with Gasteiger partial charge in [-0.1, -0.05) is 27.7 Å². The molecule has 2 aromatic carbocycles. The molecule has 0 aliphatic rings. The first-order chi connectivity index (χ1) is 6.63. The molecular weight excluding hydrogens is 297 g/mol. The predicted octanol–water partition coefficient (Wildman–Crippen LogP) is -1.95. The Morgan fingerprint density at radius 1 is 1.00 bits per heavy atom. The second-order valence-electron chi connectivity index (χ2n) is 3.72. The van der Waals surface area contributed by atoms with Gasteiger partial charge in [-0.3, -0.25) is 0 Å². The number of hydrogen-bond acceptors (Lipinski definition) is 0. The van der Waals surface area contributed by atoms with E-state index < -0.39 is 0 Å². The van der Waals surface area contributed by atoms with Crippen molar-refractivity contribution >= 4 is 0 Å². The maximum absolute atomic E-state index is 2.24. The fourth-order valence-corrected chi connectivity index (χ4v) is 1.45. The molecule has 0 saturated heterocycles. The summed E-state index contributed by atoms with van der Waals surface area (Å²) in [4.78, 5) is 0. The van der Waals surface area contributed by atoms with Gasteiger partial charge in [0.25, 0.3) is 0 Å². The van der Waals surface area contributed by atoms with E-state index in [4.69, 9.17) is 0 Å². The van der Waals surface area contributed by atoms with Crippen LogP contribution in [-0.2, 0) is 26.2 Å². The molecule has 2 rings (SSSR count). The Balaban J connectivity index is -0.000000216. The molecule has 0 saturated carbocycles. The normalized spacial score (nSPS) is 7.76. The molecule has 17 heavy (non-hydrogen) atoms. The van der Waals surface area contributed by atoms with E-state index in [1.54, 1.807) is 0 Å². The maximum atomic E-state index is 2.24. The summed E-state index contributed by atoms with van der Waals surface area (Å²) in [5.41, 5.74) is 5.75. The van der Waals surface area contributed by atoms with Crippen LogP contribution in [-0.4, -0.2) is 0 Å². The van der Waals surface area contributed by atoms with Crippen LogP contribution in [0.1, 0.15) is 22.3 Å². The summed E-state index contributed by atoms with van der Waals surface area (Å²) in [6, 6.07) is 12.2. The standard InChI is InChI=1S/C9H13.C5H5.2FH.Zr/c1-6-5-7(2)9(4)8(6)3;1-2-4-5-3-1;;;/h5H,1-4H3;1-5H;2*1H;/q2*-1;;;+4/p-2. The fraction of sp³-hybridized carbons (Fsp3) is 0.286. The summed E-state index contributed by atoms with van der Waals surface area (Å²) in [5.74, 6) is 0. The third-order valence-electron chi connectivity index (χ3n) is 2.73. The molecule has 0 amide bonds. The van der Waals surface area contributed by atoms with Gasteiger partial charge in [0.05, 0.1) is 0 Å². The van der Waals surface area contributed by atoms with Crippen molar-refractivity contribution in [3.63, 3.8) is 0 Å². The molecule has 2 aromatic rings. The second kappa shape index (κ2) is 10.6. The molecule has 0 heterocycles. The molecule has 0 aromatic heterocycles. The Morgan fingerprint density at radius 3 is 1.59 bits per heavy atom.